The highest BCUT2D eigenvalue weighted by Gasteiger charge is 2.39. The molecule has 2 aliphatic rings. The van der Waals surface area contributed by atoms with E-state index in [4.69, 9.17) is 4.74 Å². The van der Waals surface area contributed by atoms with Crippen LogP contribution in [0.15, 0.2) is 11.6 Å². The topological polar surface area (TPSA) is 21.3 Å². The van der Waals surface area contributed by atoms with Crippen LogP contribution >= 0.6 is 0 Å². The summed E-state index contributed by atoms with van der Waals surface area (Å²) in [6.07, 6.45) is 11.5. The molecular weight excluding hydrogens is 222 g/mol. The molecule has 1 saturated heterocycles. The molecule has 1 N–H and O–H groups in total. The SMILES string of the molecule is CCNCCC=C(C)C1CCOC2(CCCC2)C1. The van der Waals surface area contributed by atoms with Gasteiger partial charge in [0.1, 0.15) is 0 Å². The lowest BCUT2D eigenvalue weighted by atomic mass is 9.81. The molecule has 1 unspecified atom stereocenters. The van der Waals surface area contributed by atoms with Crippen LogP contribution in [0, 0.1) is 5.92 Å². The molecule has 1 spiro atoms. The molecule has 1 heterocycles. The van der Waals surface area contributed by atoms with Crippen molar-refractivity contribution in [3.8, 4) is 0 Å². The second-order valence-electron chi connectivity index (χ2n) is 6.02. The third-order valence-corrected chi connectivity index (χ3v) is 4.69. The summed E-state index contributed by atoms with van der Waals surface area (Å²) in [5.41, 5.74) is 1.86. The van der Waals surface area contributed by atoms with Crippen LogP contribution in [0.5, 0.6) is 0 Å². The summed E-state index contributed by atoms with van der Waals surface area (Å²) in [5, 5.41) is 3.39. The summed E-state index contributed by atoms with van der Waals surface area (Å²) in [6, 6.07) is 0. The molecule has 2 nitrogen and oxygen atoms in total. The second kappa shape index (κ2) is 6.72. The molecule has 0 aromatic carbocycles. The Hall–Kier alpha value is -0.340. The zero-order chi connectivity index (χ0) is 12.8. The Balaban J connectivity index is 1.84. The van der Waals surface area contributed by atoms with Gasteiger partial charge < -0.3 is 10.1 Å². The van der Waals surface area contributed by atoms with Gasteiger partial charge in [-0.25, -0.2) is 0 Å². The van der Waals surface area contributed by atoms with Gasteiger partial charge in [0.2, 0.25) is 0 Å². The average molecular weight is 251 g/mol. The van der Waals surface area contributed by atoms with E-state index in [9.17, 15) is 0 Å². The van der Waals surface area contributed by atoms with Gasteiger partial charge in [0, 0.05) is 6.61 Å². The zero-order valence-electron chi connectivity index (χ0n) is 12.1. The van der Waals surface area contributed by atoms with Crippen LogP contribution in [0.2, 0.25) is 0 Å². The molecule has 1 aliphatic carbocycles. The van der Waals surface area contributed by atoms with Crippen LogP contribution in [0.25, 0.3) is 0 Å². The number of rotatable bonds is 5. The van der Waals surface area contributed by atoms with E-state index < -0.39 is 0 Å². The molecule has 104 valence electrons. The first-order valence-electron chi connectivity index (χ1n) is 7.77. The predicted octanol–water partition coefficient (Wildman–Crippen LogP) is 3.67. The quantitative estimate of drug-likeness (QED) is 0.594. The number of allylic oxidation sites excluding steroid dienone is 1. The van der Waals surface area contributed by atoms with Gasteiger partial charge in [-0.15, -0.1) is 0 Å². The van der Waals surface area contributed by atoms with Crippen molar-refractivity contribution in [3.63, 3.8) is 0 Å². The molecule has 2 fully saturated rings. The normalized spacial score (nSPS) is 27.9. The Labute approximate surface area is 112 Å². The minimum atomic E-state index is 0.264. The van der Waals surface area contributed by atoms with Crippen molar-refractivity contribution < 1.29 is 4.74 Å². The van der Waals surface area contributed by atoms with E-state index in [1.54, 1.807) is 5.57 Å². The maximum atomic E-state index is 6.11. The molecule has 2 rings (SSSR count). The molecule has 0 aromatic heterocycles. The van der Waals surface area contributed by atoms with Crippen LogP contribution in [-0.2, 0) is 4.74 Å². The van der Waals surface area contributed by atoms with Gasteiger partial charge >= 0.3 is 0 Å². The van der Waals surface area contributed by atoms with E-state index in [0.717, 1.165) is 25.6 Å². The van der Waals surface area contributed by atoms with E-state index in [0.29, 0.717) is 0 Å². The van der Waals surface area contributed by atoms with Gasteiger partial charge in [-0.05, 0) is 58.0 Å². The van der Waals surface area contributed by atoms with Gasteiger partial charge in [0.05, 0.1) is 5.60 Å². The van der Waals surface area contributed by atoms with E-state index in [2.05, 4.69) is 25.2 Å². The lowest BCUT2D eigenvalue weighted by Crippen LogP contribution is -2.37. The van der Waals surface area contributed by atoms with Gasteiger partial charge in [-0.1, -0.05) is 31.4 Å². The maximum Gasteiger partial charge on any atom is 0.0688 e. The van der Waals surface area contributed by atoms with Gasteiger partial charge in [0.25, 0.3) is 0 Å². The van der Waals surface area contributed by atoms with Crippen molar-refractivity contribution in [2.45, 2.75) is 64.4 Å². The summed E-state index contributed by atoms with van der Waals surface area (Å²) in [7, 11) is 0. The molecule has 0 radical (unpaired) electrons. The third kappa shape index (κ3) is 3.58. The number of hydrogen-bond acceptors (Lipinski definition) is 2. The van der Waals surface area contributed by atoms with Crippen molar-refractivity contribution in [3.05, 3.63) is 11.6 Å². The standard InChI is InChI=1S/C16H29NO/c1-3-17-11-6-7-14(2)15-8-12-18-16(13-15)9-4-5-10-16/h7,15,17H,3-6,8-13H2,1-2H3. The monoisotopic (exact) mass is 251 g/mol. The van der Waals surface area contributed by atoms with Crippen LogP contribution in [0.1, 0.15) is 58.8 Å². The first kappa shape index (κ1) is 14.1. The van der Waals surface area contributed by atoms with E-state index in [-0.39, 0.29) is 5.60 Å². The highest BCUT2D eigenvalue weighted by atomic mass is 16.5. The summed E-state index contributed by atoms with van der Waals surface area (Å²) in [4.78, 5) is 0. The van der Waals surface area contributed by atoms with E-state index >= 15 is 0 Å². The largest absolute Gasteiger partial charge is 0.375 e. The Morgan fingerprint density at radius 1 is 1.39 bits per heavy atom. The summed E-state index contributed by atoms with van der Waals surface area (Å²) in [6.45, 7) is 7.65. The van der Waals surface area contributed by atoms with Gasteiger partial charge in [-0.2, -0.15) is 0 Å². The fraction of sp³-hybridized carbons (Fsp3) is 0.875. The Morgan fingerprint density at radius 3 is 2.89 bits per heavy atom. The van der Waals surface area contributed by atoms with Crippen LogP contribution in [0.3, 0.4) is 0 Å². The predicted molar refractivity (Wildman–Crippen MR) is 76.8 cm³/mol. The fourth-order valence-electron chi connectivity index (χ4n) is 3.53. The molecule has 0 aromatic rings. The first-order valence-corrected chi connectivity index (χ1v) is 7.77. The van der Waals surface area contributed by atoms with Crippen LogP contribution in [0.4, 0.5) is 0 Å². The zero-order valence-corrected chi connectivity index (χ0v) is 12.1. The maximum absolute atomic E-state index is 6.11. The molecule has 0 amide bonds. The third-order valence-electron chi connectivity index (χ3n) is 4.69. The van der Waals surface area contributed by atoms with Gasteiger partial charge in [-0.3, -0.25) is 0 Å². The molecule has 0 bridgehead atoms. The highest BCUT2D eigenvalue weighted by molar-refractivity contribution is 5.08. The summed E-state index contributed by atoms with van der Waals surface area (Å²) < 4.78 is 6.11. The Bertz CT molecular complexity index is 279. The lowest BCUT2D eigenvalue weighted by molar-refractivity contribution is -0.0869. The second-order valence-corrected chi connectivity index (χ2v) is 6.02. The number of hydrogen-bond donors (Lipinski definition) is 1. The van der Waals surface area contributed by atoms with Crippen molar-refractivity contribution in [2.24, 2.45) is 5.92 Å². The van der Waals surface area contributed by atoms with Crippen molar-refractivity contribution in [1.29, 1.82) is 0 Å². The lowest BCUT2D eigenvalue weighted by Gasteiger charge is -2.38. The fourth-order valence-corrected chi connectivity index (χ4v) is 3.53. The molecule has 1 saturated carbocycles. The minimum absolute atomic E-state index is 0.264. The highest BCUT2D eigenvalue weighted by Crippen LogP contribution is 2.43. The first-order chi connectivity index (χ1) is 8.76. The van der Waals surface area contributed by atoms with Crippen molar-refractivity contribution >= 4 is 0 Å². The van der Waals surface area contributed by atoms with Crippen molar-refractivity contribution in [2.75, 3.05) is 19.7 Å². The molecule has 2 heteroatoms. The molecular formula is C16H29NO. The van der Waals surface area contributed by atoms with Crippen LogP contribution < -0.4 is 5.32 Å². The smallest absolute Gasteiger partial charge is 0.0688 e. The molecule has 18 heavy (non-hydrogen) atoms. The Morgan fingerprint density at radius 2 is 2.17 bits per heavy atom. The van der Waals surface area contributed by atoms with E-state index in [1.807, 2.05) is 0 Å². The minimum Gasteiger partial charge on any atom is -0.375 e. The Kier molecular flexibility index (Phi) is 5.25. The number of ether oxygens (including phenoxy) is 1. The summed E-state index contributed by atoms with van der Waals surface area (Å²) >= 11 is 0. The van der Waals surface area contributed by atoms with Crippen LogP contribution in [-0.4, -0.2) is 25.3 Å². The summed E-state index contributed by atoms with van der Waals surface area (Å²) in [5.74, 6) is 0.776. The van der Waals surface area contributed by atoms with E-state index in [1.165, 1.54) is 44.9 Å². The van der Waals surface area contributed by atoms with Crippen molar-refractivity contribution in [1.82, 2.24) is 5.32 Å². The van der Waals surface area contributed by atoms with Gasteiger partial charge in [0.15, 0.2) is 0 Å². The molecule has 1 atom stereocenters. The number of nitrogens with one attached hydrogen (secondary N) is 1. The molecule has 1 aliphatic heterocycles. The average Bonchev–Trinajstić information content (AvgIpc) is 2.82.